The van der Waals surface area contributed by atoms with E-state index in [4.69, 9.17) is 11.6 Å². The van der Waals surface area contributed by atoms with Crippen LogP contribution in [0.3, 0.4) is 0 Å². The molecule has 4 heteroatoms. The maximum Gasteiger partial charge on any atom is 0.252 e. The van der Waals surface area contributed by atoms with E-state index in [2.05, 4.69) is 28.2 Å². The Labute approximate surface area is 115 Å². The van der Waals surface area contributed by atoms with Crippen LogP contribution >= 0.6 is 27.5 Å². The molecule has 0 aromatic heterocycles. The first kappa shape index (κ1) is 12.9. The minimum absolute atomic E-state index is 0.0870. The third kappa shape index (κ3) is 2.83. The second-order valence-corrected chi connectivity index (χ2v) is 5.87. The fourth-order valence-corrected chi connectivity index (χ4v) is 2.45. The fraction of sp³-hybridized carbons (Fsp3) is 0.462. The molecule has 1 saturated carbocycles. The zero-order valence-corrected chi connectivity index (χ0v) is 12.1. The summed E-state index contributed by atoms with van der Waals surface area (Å²) in [6.45, 7) is 2.93. The van der Waals surface area contributed by atoms with Crippen LogP contribution < -0.4 is 5.32 Å². The number of hydrogen-bond acceptors (Lipinski definition) is 1. The highest BCUT2D eigenvalue weighted by molar-refractivity contribution is 9.10. The zero-order chi connectivity index (χ0) is 12.5. The number of carbonyl (C=O) groups is 1. The minimum Gasteiger partial charge on any atom is -0.351 e. The van der Waals surface area contributed by atoms with E-state index in [1.54, 1.807) is 6.07 Å². The summed E-state index contributed by atoms with van der Waals surface area (Å²) in [5, 5.41) is 3.45. The van der Waals surface area contributed by atoms with Crippen LogP contribution in [0, 0.1) is 5.41 Å². The van der Waals surface area contributed by atoms with Crippen molar-refractivity contribution in [1.82, 2.24) is 5.32 Å². The molecule has 17 heavy (non-hydrogen) atoms. The Balaban J connectivity index is 2.02. The average molecular weight is 317 g/mol. The van der Waals surface area contributed by atoms with E-state index >= 15 is 0 Å². The van der Waals surface area contributed by atoms with Crippen molar-refractivity contribution in [2.24, 2.45) is 5.41 Å². The quantitative estimate of drug-likeness (QED) is 0.893. The lowest BCUT2D eigenvalue weighted by Gasteiger charge is -2.14. The fourth-order valence-electron chi connectivity index (χ4n) is 1.87. The second kappa shape index (κ2) is 4.99. The molecule has 1 fully saturated rings. The van der Waals surface area contributed by atoms with Gasteiger partial charge in [0.15, 0.2) is 0 Å². The summed E-state index contributed by atoms with van der Waals surface area (Å²) in [5.74, 6) is -0.0870. The van der Waals surface area contributed by atoms with Crippen molar-refractivity contribution in [3.8, 4) is 0 Å². The van der Waals surface area contributed by atoms with Crippen molar-refractivity contribution in [2.45, 2.75) is 26.2 Å². The van der Waals surface area contributed by atoms with E-state index in [0.29, 0.717) is 16.0 Å². The highest BCUT2D eigenvalue weighted by Gasteiger charge is 2.40. The van der Waals surface area contributed by atoms with Crippen LogP contribution in [-0.4, -0.2) is 12.5 Å². The topological polar surface area (TPSA) is 29.1 Å². The Kier molecular flexibility index (Phi) is 3.79. The Morgan fingerprint density at radius 1 is 1.53 bits per heavy atom. The van der Waals surface area contributed by atoms with E-state index < -0.39 is 0 Å². The van der Waals surface area contributed by atoms with E-state index in [9.17, 15) is 4.79 Å². The Morgan fingerprint density at radius 2 is 2.24 bits per heavy atom. The third-order valence-corrected chi connectivity index (χ3v) is 4.82. The first-order chi connectivity index (χ1) is 8.08. The highest BCUT2D eigenvalue weighted by Crippen LogP contribution is 2.47. The Hall–Kier alpha value is -0.540. The van der Waals surface area contributed by atoms with Crippen LogP contribution in [0.1, 0.15) is 36.5 Å². The number of nitrogens with one attached hydrogen (secondary N) is 1. The van der Waals surface area contributed by atoms with E-state index in [1.165, 1.54) is 12.8 Å². The van der Waals surface area contributed by atoms with Crippen LogP contribution in [0.5, 0.6) is 0 Å². The van der Waals surface area contributed by atoms with Crippen molar-refractivity contribution in [2.75, 3.05) is 6.54 Å². The van der Waals surface area contributed by atoms with Gasteiger partial charge >= 0.3 is 0 Å². The van der Waals surface area contributed by atoms with Gasteiger partial charge in [0.05, 0.1) is 10.6 Å². The molecule has 0 unspecified atom stereocenters. The van der Waals surface area contributed by atoms with Gasteiger partial charge < -0.3 is 5.32 Å². The third-order valence-electron chi connectivity index (χ3n) is 3.53. The van der Waals surface area contributed by atoms with Gasteiger partial charge in [0.2, 0.25) is 0 Å². The lowest BCUT2D eigenvalue weighted by Crippen LogP contribution is -2.30. The average Bonchev–Trinajstić information content (AvgIpc) is 3.10. The molecule has 0 radical (unpaired) electrons. The highest BCUT2D eigenvalue weighted by atomic mass is 79.9. The molecule has 1 amide bonds. The standard InChI is InChI=1S/C13H15BrClNO/c1-2-13(6-7-13)8-16-12(17)9-4-3-5-10(14)11(9)15/h3-5H,2,6-8H2,1H3,(H,16,17). The number of amides is 1. The summed E-state index contributed by atoms with van der Waals surface area (Å²) in [6, 6.07) is 5.39. The monoisotopic (exact) mass is 315 g/mol. The molecule has 1 aromatic carbocycles. The minimum atomic E-state index is -0.0870. The number of rotatable bonds is 4. The van der Waals surface area contributed by atoms with Crippen LogP contribution in [0.15, 0.2) is 22.7 Å². The van der Waals surface area contributed by atoms with Gasteiger partial charge in [0, 0.05) is 11.0 Å². The molecule has 0 saturated heterocycles. The van der Waals surface area contributed by atoms with Gasteiger partial charge in [-0.2, -0.15) is 0 Å². The molecule has 1 N–H and O–H groups in total. The summed E-state index contributed by atoms with van der Waals surface area (Å²) in [7, 11) is 0. The zero-order valence-electron chi connectivity index (χ0n) is 9.72. The van der Waals surface area contributed by atoms with Gasteiger partial charge in [-0.25, -0.2) is 0 Å². The van der Waals surface area contributed by atoms with Gasteiger partial charge in [0.1, 0.15) is 0 Å². The molecule has 0 bridgehead atoms. The molecule has 2 rings (SSSR count). The van der Waals surface area contributed by atoms with Crippen molar-refractivity contribution < 1.29 is 4.79 Å². The number of halogens is 2. The van der Waals surface area contributed by atoms with E-state index in [1.807, 2.05) is 12.1 Å². The second-order valence-electron chi connectivity index (χ2n) is 4.64. The van der Waals surface area contributed by atoms with Crippen LogP contribution in [0.2, 0.25) is 5.02 Å². The SMILES string of the molecule is CCC1(CNC(=O)c2cccc(Br)c2Cl)CC1. The number of hydrogen-bond donors (Lipinski definition) is 1. The van der Waals surface area contributed by atoms with Gasteiger partial charge in [0.25, 0.3) is 5.91 Å². The van der Waals surface area contributed by atoms with Crippen LogP contribution in [0.4, 0.5) is 0 Å². The maximum atomic E-state index is 12.0. The Morgan fingerprint density at radius 3 is 2.82 bits per heavy atom. The van der Waals surface area contributed by atoms with Crippen molar-refractivity contribution >= 4 is 33.4 Å². The summed E-state index contributed by atoms with van der Waals surface area (Å²) < 4.78 is 0.753. The van der Waals surface area contributed by atoms with E-state index in [-0.39, 0.29) is 5.91 Å². The van der Waals surface area contributed by atoms with Crippen LogP contribution in [0.25, 0.3) is 0 Å². The molecule has 92 valence electrons. The summed E-state index contributed by atoms with van der Waals surface area (Å²) >= 11 is 9.40. The van der Waals surface area contributed by atoms with Crippen molar-refractivity contribution in [3.63, 3.8) is 0 Å². The normalized spacial score (nSPS) is 16.6. The number of carbonyl (C=O) groups excluding carboxylic acids is 1. The van der Waals surface area contributed by atoms with Crippen molar-refractivity contribution in [3.05, 3.63) is 33.3 Å². The summed E-state index contributed by atoms with van der Waals surface area (Å²) in [6.07, 6.45) is 3.56. The Bertz CT molecular complexity index is 443. The van der Waals surface area contributed by atoms with Crippen molar-refractivity contribution in [1.29, 1.82) is 0 Å². The van der Waals surface area contributed by atoms with Gasteiger partial charge in [-0.1, -0.05) is 24.6 Å². The molecule has 0 aliphatic heterocycles. The lowest BCUT2D eigenvalue weighted by atomic mass is 10.0. The molecule has 1 aliphatic rings. The number of benzene rings is 1. The summed E-state index contributed by atoms with van der Waals surface area (Å²) in [5.41, 5.74) is 0.890. The van der Waals surface area contributed by atoms with Crippen LogP contribution in [-0.2, 0) is 0 Å². The molecule has 0 atom stereocenters. The maximum absolute atomic E-state index is 12.0. The molecular formula is C13H15BrClNO. The molecule has 1 aliphatic carbocycles. The smallest absolute Gasteiger partial charge is 0.252 e. The van der Waals surface area contributed by atoms with E-state index in [0.717, 1.165) is 17.4 Å². The van der Waals surface area contributed by atoms with Gasteiger partial charge in [-0.15, -0.1) is 0 Å². The first-order valence-corrected chi connectivity index (χ1v) is 6.97. The molecular weight excluding hydrogens is 302 g/mol. The molecule has 2 nitrogen and oxygen atoms in total. The lowest BCUT2D eigenvalue weighted by molar-refractivity contribution is 0.0944. The molecule has 1 aromatic rings. The molecule has 0 spiro atoms. The van der Waals surface area contributed by atoms with Gasteiger partial charge in [-0.05, 0) is 52.7 Å². The predicted molar refractivity (Wildman–Crippen MR) is 73.4 cm³/mol. The molecule has 0 heterocycles. The first-order valence-electron chi connectivity index (χ1n) is 5.80. The summed E-state index contributed by atoms with van der Waals surface area (Å²) in [4.78, 5) is 12.0. The van der Waals surface area contributed by atoms with Gasteiger partial charge in [-0.3, -0.25) is 4.79 Å². The predicted octanol–water partition coefficient (Wildman–Crippen LogP) is 4.02. The largest absolute Gasteiger partial charge is 0.351 e.